The summed E-state index contributed by atoms with van der Waals surface area (Å²) in [6, 6.07) is 91.9. The Balaban J connectivity index is 0.919. The van der Waals surface area contributed by atoms with E-state index < -0.39 is 0 Å². The van der Waals surface area contributed by atoms with E-state index in [0.29, 0.717) is 0 Å². The second kappa shape index (κ2) is 16.0. The van der Waals surface area contributed by atoms with Crippen LogP contribution in [0, 0.1) is 0 Å². The van der Waals surface area contributed by atoms with E-state index in [1.54, 1.807) is 0 Å². The van der Waals surface area contributed by atoms with Crippen LogP contribution >= 0.6 is 0 Å². The summed E-state index contributed by atoms with van der Waals surface area (Å²) in [5, 5.41) is 7.19. The highest BCUT2D eigenvalue weighted by Crippen LogP contribution is 2.48. The third-order valence-corrected chi connectivity index (χ3v) is 13.4. The van der Waals surface area contributed by atoms with Crippen molar-refractivity contribution in [1.29, 1.82) is 0 Å². The van der Waals surface area contributed by atoms with Crippen LogP contribution in [0.4, 0.5) is 17.1 Å². The fraction of sp³-hybridized carbons (Fsp3) is 0. The molecule has 0 saturated carbocycles. The highest BCUT2D eigenvalue weighted by atomic mass is 16.3. The maximum Gasteiger partial charge on any atom is 0.136 e. The van der Waals surface area contributed by atoms with Crippen LogP contribution in [0.25, 0.3) is 105 Å². The Kier molecular flexibility index (Phi) is 9.17. The molecule has 0 aliphatic carbocycles. The molecule has 2 heterocycles. The minimum Gasteiger partial charge on any atom is -0.456 e. The van der Waals surface area contributed by atoms with Crippen molar-refractivity contribution < 1.29 is 4.42 Å². The van der Waals surface area contributed by atoms with Gasteiger partial charge >= 0.3 is 0 Å². The Morgan fingerprint density at radius 1 is 0.313 bits per heavy atom. The van der Waals surface area contributed by atoms with Crippen molar-refractivity contribution in [3.05, 3.63) is 255 Å². The Labute approximate surface area is 388 Å². The van der Waals surface area contributed by atoms with Gasteiger partial charge in [-0.25, -0.2) is 0 Å². The number of nitrogens with zero attached hydrogens (tertiary/aromatic N) is 2. The number of anilines is 3. The van der Waals surface area contributed by atoms with Crippen molar-refractivity contribution in [2.75, 3.05) is 4.90 Å². The van der Waals surface area contributed by atoms with Gasteiger partial charge in [0, 0.05) is 44.0 Å². The monoisotopic (exact) mass is 854 g/mol. The molecule has 0 bridgehead atoms. The quantitative estimate of drug-likeness (QED) is 0.152. The Bertz CT molecular complexity index is 3930. The summed E-state index contributed by atoms with van der Waals surface area (Å²) in [6.45, 7) is 0. The van der Waals surface area contributed by atoms with Gasteiger partial charge in [-0.2, -0.15) is 0 Å². The number of para-hydroxylation sites is 5. The van der Waals surface area contributed by atoms with Gasteiger partial charge in [-0.3, -0.25) is 0 Å². The standard InChI is InChI=1S/C64H42N2O/c1-2-20-50-45(16-1)17-14-26-51(50)52-21-3-8-28-58(52)65(61-31-11-6-24-55(61)56-27-15-33-63-64(56)57-25-7-12-32-62(57)67-63)48-38-34-43(35-39-48)46-18-13-19-47(42-46)44-36-40-49(41-37-44)66-59-29-9-4-22-53(59)54-23-5-10-30-60(54)66/h1-42H. The SMILES string of the molecule is c1cc(-c2ccc(N(c3ccccc3-c3cccc4ccccc34)c3ccccc3-c3cccc4oc5ccccc5c34)cc2)cc(-c2ccc(-n3c4ccccc4c4ccccc43)cc2)c1. The van der Waals surface area contributed by atoms with Crippen molar-refractivity contribution in [2.24, 2.45) is 0 Å². The van der Waals surface area contributed by atoms with E-state index in [1.165, 1.54) is 49.3 Å². The molecule has 0 N–H and O–H groups in total. The molecule has 13 aromatic rings. The van der Waals surface area contributed by atoms with Gasteiger partial charge in [0.2, 0.25) is 0 Å². The maximum absolute atomic E-state index is 6.43. The van der Waals surface area contributed by atoms with E-state index in [4.69, 9.17) is 4.42 Å². The first-order chi connectivity index (χ1) is 33.2. The van der Waals surface area contributed by atoms with Crippen molar-refractivity contribution in [1.82, 2.24) is 4.57 Å². The first kappa shape index (κ1) is 38.5. The number of hydrogen-bond donors (Lipinski definition) is 0. The van der Waals surface area contributed by atoms with Crippen molar-refractivity contribution in [2.45, 2.75) is 0 Å². The van der Waals surface area contributed by atoms with E-state index in [2.05, 4.69) is 258 Å². The van der Waals surface area contributed by atoms with Crippen molar-refractivity contribution in [3.8, 4) is 50.2 Å². The van der Waals surface area contributed by atoms with Crippen molar-refractivity contribution in [3.63, 3.8) is 0 Å². The molecular formula is C64H42N2O. The normalized spacial score (nSPS) is 11.6. The van der Waals surface area contributed by atoms with Crippen LogP contribution in [-0.2, 0) is 0 Å². The van der Waals surface area contributed by atoms with Gasteiger partial charge in [-0.1, -0.05) is 188 Å². The molecule has 2 aromatic heterocycles. The second-order valence-electron chi connectivity index (χ2n) is 17.2. The molecule has 0 atom stereocenters. The molecule has 0 spiro atoms. The fourth-order valence-corrected chi connectivity index (χ4v) is 10.3. The maximum atomic E-state index is 6.43. The molecule has 3 nitrogen and oxygen atoms in total. The summed E-state index contributed by atoms with van der Waals surface area (Å²) in [7, 11) is 0. The number of aromatic nitrogens is 1. The van der Waals surface area contributed by atoms with Gasteiger partial charge in [0.25, 0.3) is 0 Å². The molecule has 0 radical (unpaired) electrons. The lowest BCUT2D eigenvalue weighted by atomic mass is 9.94. The average molecular weight is 855 g/mol. The molecule has 0 unspecified atom stereocenters. The largest absolute Gasteiger partial charge is 0.456 e. The van der Waals surface area contributed by atoms with E-state index in [1.807, 2.05) is 6.07 Å². The van der Waals surface area contributed by atoms with E-state index in [0.717, 1.165) is 72.5 Å². The topological polar surface area (TPSA) is 21.3 Å². The Morgan fingerprint density at radius 2 is 0.791 bits per heavy atom. The second-order valence-corrected chi connectivity index (χ2v) is 17.2. The van der Waals surface area contributed by atoms with Crippen LogP contribution in [0.3, 0.4) is 0 Å². The third kappa shape index (κ3) is 6.51. The molecule has 0 fully saturated rings. The van der Waals surface area contributed by atoms with E-state index >= 15 is 0 Å². The Morgan fingerprint density at radius 3 is 1.49 bits per heavy atom. The van der Waals surface area contributed by atoms with Gasteiger partial charge in [0.15, 0.2) is 0 Å². The zero-order chi connectivity index (χ0) is 44.3. The first-order valence-corrected chi connectivity index (χ1v) is 22.9. The predicted octanol–water partition coefficient (Wildman–Crippen LogP) is 18.0. The summed E-state index contributed by atoms with van der Waals surface area (Å²) in [6.07, 6.45) is 0. The smallest absolute Gasteiger partial charge is 0.136 e. The van der Waals surface area contributed by atoms with Gasteiger partial charge in [0.1, 0.15) is 11.2 Å². The van der Waals surface area contributed by atoms with Crippen LogP contribution in [-0.4, -0.2) is 4.57 Å². The molecule has 0 aliphatic rings. The van der Waals surface area contributed by atoms with E-state index in [-0.39, 0.29) is 0 Å². The highest BCUT2D eigenvalue weighted by Gasteiger charge is 2.23. The summed E-state index contributed by atoms with van der Waals surface area (Å²) in [5.41, 5.74) is 17.8. The first-order valence-electron chi connectivity index (χ1n) is 22.9. The lowest BCUT2D eigenvalue weighted by molar-refractivity contribution is 0.669. The number of furan rings is 1. The van der Waals surface area contributed by atoms with Crippen LogP contribution in [0.2, 0.25) is 0 Å². The molecular weight excluding hydrogens is 813 g/mol. The molecule has 13 rings (SSSR count). The summed E-state index contributed by atoms with van der Waals surface area (Å²) >= 11 is 0. The zero-order valence-corrected chi connectivity index (χ0v) is 36.6. The molecule has 67 heavy (non-hydrogen) atoms. The van der Waals surface area contributed by atoms with Gasteiger partial charge in [-0.15, -0.1) is 0 Å². The van der Waals surface area contributed by atoms with Crippen LogP contribution in [0.5, 0.6) is 0 Å². The van der Waals surface area contributed by atoms with Crippen molar-refractivity contribution >= 4 is 71.6 Å². The number of rotatable bonds is 8. The molecule has 0 amide bonds. The minimum absolute atomic E-state index is 0.877. The van der Waals surface area contributed by atoms with Crippen LogP contribution in [0.1, 0.15) is 0 Å². The van der Waals surface area contributed by atoms with Gasteiger partial charge < -0.3 is 13.9 Å². The molecule has 0 aliphatic heterocycles. The molecule has 3 heteroatoms. The average Bonchev–Trinajstić information content (AvgIpc) is 3.96. The van der Waals surface area contributed by atoms with Crippen LogP contribution < -0.4 is 4.90 Å². The minimum atomic E-state index is 0.877. The predicted molar refractivity (Wildman–Crippen MR) is 282 cm³/mol. The third-order valence-electron chi connectivity index (χ3n) is 13.4. The molecule has 0 saturated heterocycles. The summed E-state index contributed by atoms with van der Waals surface area (Å²) in [5.74, 6) is 0. The van der Waals surface area contributed by atoms with E-state index in [9.17, 15) is 0 Å². The molecule has 11 aromatic carbocycles. The lowest BCUT2D eigenvalue weighted by Crippen LogP contribution is -2.12. The van der Waals surface area contributed by atoms with Gasteiger partial charge in [0.05, 0.1) is 22.4 Å². The number of hydrogen-bond acceptors (Lipinski definition) is 2. The summed E-state index contributed by atoms with van der Waals surface area (Å²) in [4.78, 5) is 2.44. The van der Waals surface area contributed by atoms with Gasteiger partial charge in [-0.05, 0) is 111 Å². The lowest BCUT2D eigenvalue weighted by Gasteiger charge is -2.30. The molecule has 314 valence electrons. The summed E-state index contributed by atoms with van der Waals surface area (Å²) < 4.78 is 8.80. The highest BCUT2D eigenvalue weighted by molar-refractivity contribution is 6.14. The fourth-order valence-electron chi connectivity index (χ4n) is 10.3. The number of benzene rings is 11. The Hall–Kier alpha value is -8.92. The van der Waals surface area contributed by atoms with Crippen LogP contribution in [0.15, 0.2) is 259 Å². The number of fused-ring (bicyclic) bond motifs is 7. The zero-order valence-electron chi connectivity index (χ0n) is 36.6.